The standard InChI is InChI=1S/C13H14BrNO5/c1-19-12(16)8-2-3-11(10(14)6-8)20-9-4-5-15(7-9)13(17)18/h2-3,6,9H,4-5,7H2,1H3,(H,17,18). The van der Waals surface area contributed by atoms with Gasteiger partial charge >= 0.3 is 12.1 Å². The van der Waals surface area contributed by atoms with Crippen molar-refractivity contribution in [2.24, 2.45) is 0 Å². The Morgan fingerprint density at radius 2 is 2.20 bits per heavy atom. The molecule has 1 N–H and O–H groups in total. The molecule has 1 fully saturated rings. The van der Waals surface area contributed by atoms with Gasteiger partial charge in [0.05, 0.1) is 23.7 Å². The van der Waals surface area contributed by atoms with Crippen LogP contribution in [0.3, 0.4) is 0 Å². The van der Waals surface area contributed by atoms with Gasteiger partial charge in [-0.15, -0.1) is 0 Å². The van der Waals surface area contributed by atoms with Crippen molar-refractivity contribution in [3.63, 3.8) is 0 Å². The van der Waals surface area contributed by atoms with Crippen molar-refractivity contribution < 1.29 is 24.2 Å². The smallest absolute Gasteiger partial charge is 0.407 e. The number of carboxylic acid groups (broad SMARTS) is 1. The van der Waals surface area contributed by atoms with Crippen LogP contribution < -0.4 is 4.74 Å². The van der Waals surface area contributed by atoms with Crippen LogP contribution in [-0.4, -0.2) is 48.4 Å². The molecule has 0 aromatic heterocycles. The van der Waals surface area contributed by atoms with Gasteiger partial charge in [-0.1, -0.05) is 0 Å². The van der Waals surface area contributed by atoms with E-state index < -0.39 is 12.1 Å². The maximum atomic E-state index is 11.4. The Hall–Kier alpha value is -1.76. The van der Waals surface area contributed by atoms with Crippen LogP contribution in [-0.2, 0) is 4.74 Å². The van der Waals surface area contributed by atoms with Gasteiger partial charge in [0.2, 0.25) is 0 Å². The first kappa shape index (κ1) is 14.6. The molecular formula is C13H14BrNO5. The van der Waals surface area contributed by atoms with E-state index in [2.05, 4.69) is 20.7 Å². The van der Waals surface area contributed by atoms with Crippen molar-refractivity contribution in [2.45, 2.75) is 12.5 Å². The SMILES string of the molecule is COC(=O)c1ccc(OC2CCN(C(=O)O)C2)c(Br)c1. The molecule has 1 aromatic carbocycles. The average molecular weight is 344 g/mol. The highest BCUT2D eigenvalue weighted by molar-refractivity contribution is 9.10. The Bertz CT molecular complexity index is 533. The molecule has 1 saturated heterocycles. The first-order chi connectivity index (χ1) is 9.51. The summed E-state index contributed by atoms with van der Waals surface area (Å²) in [6.45, 7) is 0.818. The molecule has 1 unspecified atom stereocenters. The molecule has 0 spiro atoms. The van der Waals surface area contributed by atoms with Gasteiger partial charge in [-0.25, -0.2) is 9.59 Å². The summed E-state index contributed by atoms with van der Waals surface area (Å²) >= 11 is 3.33. The summed E-state index contributed by atoms with van der Waals surface area (Å²) in [6.07, 6.45) is -0.458. The number of methoxy groups -OCH3 is 1. The highest BCUT2D eigenvalue weighted by Crippen LogP contribution is 2.28. The second kappa shape index (κ2) is 6.13. The number of benzene rings is 1. The Morgan fingerprint density at radius 1 is 1.45 bits per heavy atom. The molecule has 7 heteroatoms. The molecular weight excluding hydrogens is 330 g/mol. The van der Waals surface area contributed by atoms with Crippen LogP contribution in [0.5, 0.6) is 5.75 Å². The van der Waals surface area contributed by atoms with Crippen molar-refractivity contribution in [3.8, 4) is 5.75 Å². The second-order valence-electron chi connectivity index (χ2n) is 4.39. The predicted molar refractivity (Wildman–Crippen MR) is 74.1 cm³/mol. The number of hydrogen-bond donors (Lipinski definition) is 1. The van der Waals surface area contributed by atoms with E-state index in [1.54, 1.807) is 18.2 Å². The number of esters is 1. The summed E-state index contributed by atoms with van der Waals surface area (Å²) < 4.78 is 11.0. The lowest BCUT2D eigenvalue weighted by molar-refractivity contribution is 0.0600. The van der Waals surface area contributed by atoms with E-state index in [1.807, 2.05) is 0 Å². The van der Waals surface area contributed by atoms with Crippen LogP contribution in [0, 0.1) is 0 Å². The summed E-state index contributed by atoms with van der Waals surface area (Å²) in [4.78, 5) is 23.5. The fourth-order valence-corrected chi connectivity index (χ4v) is 2.49. The van der Waals surface area contributed by atoms with E-state index in [0.29, 0.717) is 35.3 Å². The third-order valence-electron chi connectivity index (χ3n) is 3.06. The third-order valence-corrected chi connectivity index (χ3v) is 3.68. The fraction of sp³-hybridized carbons (Fsp3) is 0.385. The van der Waals surface area contributed by atoms with E-state index in [4.69, 9.17) is 9.84 Å². The number of hydrogen-bond acceptors (Lipinski definition) is 4. The maximum absolute atomic E-state index is 11.4. The quantitative estimate of drug-likeness (QED) is 0.852. The minimum Gasteiger partial charge on any atom is -0.487 e. The number of carbonyl (C=O) groups is 2. The monoisotopic (exact) mass is 343 g/mol. The second-order valence-corrected chi connectivity index (χ2v) is 5.25. The zero-order valence-electron chi connectivity index (χ0n) is 10.8. The Balaban J connectivity index is 2.04. The minimum absolute atomic E-state index is 0.175. The summed E-state index contributed by atoms with van der Waals surface area (Å²) in [7, 11) is 1.32. The van der Waals surface area contributed by atoms with Crippen molar-refractivity contribution in [2.75, 3.05) is 20.2 Å². The summed E-state index contributed by atoms with van der Waals surface area (Å²) in [5.74, 6) is 0.157. The first-order valence-corrected chi connectivity index (χ1v) is 6.83. The van der Waals surface area contributed by atoms with Gasteiger partial charge in [0.25, 0.3) is 0 Å². The lowest BCUT2D eigenvalue weighted by Crippen LogP contribution is -2.29. The molecule has 20 heavy (non-hydrogen) atoms. The largest absolute Gasteiger partial charge is 0.487 e. The molecule has 6 nitrogen and oxygen atoms in total. The van der Waals surface area contributed by atoms with Crippen LogP contribution in [0.4, 0.5) is 4.79 Å². The van der Waals surface area contributed by atoms with Crippen LogP contribution in [0.15, 0.2) is 22.7 Å². The third kappa shape index (κ3) is 3.22. The molecule has 1 heterocycles. The normalized spacial score (nSPS) is 17.9. The van der Waals surface area contributed by atoms with Crippen LogP contribution in [0.25, 0.3) is 0 Å². The zero-order valence-corrected chi connectivity index (χ0v) is 12.4. The lowest BCUT2D eigenvalue weighted by Gasteiger charge is -2.16. The molecule has 1 atom stereocenters. The highest BCUT2D eigenvalue weighted by Gasteiger charge is 2.27. The van der Waals surface area contributed by atoms with E-state index >= 15 is 0 Å². The van der Waals surface area contributed by atoms with Crippen molar-refractivity contribution >= 4 is 28.0 Å². The van der Waals surface area contributed by atoms with Crippen molar-refractivity contribution in [1.82, 2.24) is 4.90 Å². The van der Waals surface area contributed by atoms with Crippen LogP contribution in [0.2, 0.25) is 0 Å². The van der Waals surface area contributed by atoms with Gasteiger partial charge in [0.1, 0.15) is 11.9 Å². The Morgan fingerprint density at radius 3 is 2.75 bits per heavy atom. The molecule has 0 bridgehead atoms. The van der Waals surface area contributed by atoms with Crippen molar-refractivity contribution in [1.29, 1.82) is 0 Å². The molecule has 0 radical (unpaired) electrons. The van der Waals surface area contributed by atoms with Gasteiger partial charge in [-0.05, 0) is 34.1 Å². The number of ether oxygens (including phenoxy) is 2. The molecule has 0 saturated carbocycles. The van der Waals surface area contributed by atoms with Gasteiger partial charge in [-0.3, -0.25) is 0 Å². The summed E-state index contributed by atoms with van der Waals surface area (Å²) in [5, 5.41) is 8.89. The first-order valence-electron chi connectivity index (χ1n) is 6.03. The Labute approximate surface area is 124 Å². The van der Waals surface area contributed by atoms with Gasteiger partial charge in [-0.2, -0.15) is 0 Å². The van der Waals surface area contributed by atoms with Crippen LogP contribution >= 0.6 is 15.9 Å². The predicted octanol–water partition coefficient (Wildman–Crippen LogP) is 2.37. The highest BCUT2D eigenvalue weighted by atomic mass is 79.9. The van der Waals surface area contributed by atoms with E-state index in [1.165, 1.54) is 12.0 Å². The van der Waals surface area contributed by atoms with E-state index in [-0.39, 0.29) is 6.10 Å². The van der Waals surface area contributed by atoms with E-state index in [0.717, 1.165) is 0 Å². The molecule has 108 valence electrons. The van der Waals surface area contributed by atoms with Gasteiger partial charge in [0, 0.05) is 13.0 Å². The number of nitrogens with zero attached hydrogens (tertiary/aromatic N) is 1. The van der Waals surface area contributed by atoms with Crippen LogP contribution in [0.1, 0.15) is 16.8 Å². The number of rotatable bonds is 3. The molecule has 0 aliphatic carbocycles. The van der Waals surface area contributed by atoms with Crippen molar-refractivity contribution in [3.05, 3.63) is 28.2 Å². The molecule has 1 amide bonds. The number of amides is 1. The number of halogens is 1. The fourth-order valence-electron chi connectivity index (χ4n) is 2.02. The Kier molecular flexibility index (Phi) is 4.49. The van der Waals surface area contributed by atoms with Gasteiger partial charge < -0.3 is 19.5 Å². The topological polar surface area (TPSA) is 76.1 Å². The number of likely N-dealkylation sites (tertiary alicyclic amines) is 1. The minimum atomic E-state index is -0.934. The molecule has 1 aliphatic heterocycles. The van der Waals surface area contributed by atoms with E-state index in [9.17, 15) is 9.59 Å². The summed E-state index contributed by atoms with van der Waals surface area (Å²) in [6, 6.07) is 4.89. The molecule has 2 rings (SSSR count). The lowest BCUT2D eigenvalue weighted by atomic mass is 10.2. The maximum Gasteiger partial charge on any atom is 0.407 e. The molecule has 1 aliphatic rings. The average Bonchev–Trinajstić information content (AvgIpc) is 2.89. The molecule has 1 aromatic rings. The zero-order chi connectivity index (χ0) is 14.7. The van der Waals surface area contributed by atoms with Gasteiger partial charge in [0.15, 0.2) is 0 Å². The number of carbonyl (C=O) groups excluding carboxylic acids is 1. The summed E-state index contributed by atoms with van der Waals surface area (Å²) in [5.41, 5.74) is 0.422.